The van der Waals surface area contributed by atoms with Gasteiger partial charge in [-0.2, -0.15) is 4.31 Å². The fraction of sp³-hybridized carbons (Fsp3) is 0.333. The highest BCUT2D eigenvalue weighted by atomic mass is 32.2. The van der Waals surface area contributed by atoms with Crippen LogP contribution in [0.3, 0.4) is 0 Å². The van der Waals surface area contributed by atoms with Crippen molar-refractivity contribution in [1.82, 2.24) is 4.31 Å². The van der Waals surface area contributed by atoms with E-state index in [1.54, 1.807) is 20.2 Å². The Hall–Kier alpha value is -1.37. The van der Waals surface area contributed by atoms with Crippen molar-refractivity contribution in [1.29, 1.82) is 0 Å². The van der Waals surface area contributed by atoms with E-state index in [1.165, 1.54) is 15.6 Å². The SMILES string of the molecule is COc1ccccc1CN(C)S(=O)(=O)c1cc(C)sc1C. The van der Waals surface area contributed by atoms with Crippen molar-refractivity contribution in [2.45, 2.75) is 25.3 Å². The molecular formula is C15H19NO3S2. The number of ether oxygens (including phenoxy) is 1. The molecule has 1 aromatic heterocycles. The number of sulfonamides is 1. The van der Waals surface area contributed by atoms with Crippen molar-refractivity contribution in [3.8, 4) is 5.75 Å². The number of hydrogen-bond acceptors (Lipinski definition) is 4. The number of thiophene rings is 1. The lowest BCUT2D eigenvalue weighted by Crippen LogP contribution is -2.26. The molecule has 0 saturated carbocycles. The fourth-order valence-corrected chi connectivity index (χ4v) is 4.86. The van der Waals surface area contributed by atoms with Gasteiger partial charge in [-0.3, -0.25) is 0 Å². The second kappa shape index (κ2) is 6.17. The molecule has 4 nitrogen and oxygen atoms in total. The van der Waals surface area contributed by atoms with Gasteiger partial charge in [0.15, 0.2) is 0 Å². The lowest BCUT2D eigenvalue weighted by molar-refractivity contribution is 0.398. The summed E-state index contributed by atoms with van der Waals surface area (Å²) in [7, 11) is -0.309. The molecule has 0 spiro atoms. The molecule has 0 fully saturated rings. The largest absolute Gasteiger partial charge is 0.496 e. The zero-order chi connectivity index (χ0) is 15.6. The third-order valence-electron chi connectivity index (χ3n) is 3.27. The standard InChI is InChI=1S/C15H19NO3S2/c1-11-9-15(12(2)20-11)21(17,18)16(3)10-13-7-5-6-8-14(13)19-4/h5-9H,10H2,1-4H3. The summed E-state index contributed by atoms with van der Waals surface area (Å²) in [6.45, 7) is 4.03. The fourth-order valence-electron chi connectivity index (χ4n) is 2.19. The van der Waals surface area contributed by atoms with Crippen molar-refractivity contribution < 1.29 is 13.2 Å². The number of benzene rings is 1. The van der Waals surface area contributed by atoms with Crippen molar-refractivity contribution in [2.75, 3.05) is 14.2 Å². The van der Waals surface area contributed by atoms with Crippen LogP contribution >= 0.6 is 11.3 Å². The maximum atomic E-state index is 12.7. The van der Waals surface area contributed by atoms with Crippen LogP contribution in [0, 0.1) is 13.8 Å². The van der Waals surface area contributed by atoms with Gasteiger partial charge in [-0.1, -0.05) is 18.2 Å². The minimum Gasteiger partial charge on any atom is -0.496 e. The molecule has 114 valence electrons. The highest BCUT2D eigenvalue weighted by Gasteiger charge is 2.25. The Labute approximate surface area is 130 Å². The molecule has 21 heavy (non-hydrogen) atoms. The summed E-state index contributed by atoms with van der Waals surface area (Å²) in [6.07, 6.45) is 0. The van der Waals surface area contributed by atoms with Crippen LogP contribution in [0.4, 0.5) is 0 Å². The molecule has 2 rings (SSSR count). The van der Waals surface area contributed by atoms with E-state index in [4.69, 9.17) is 4.74 Å². The predicted molar refractivity (Wildman–Crippen MR) is 85.4 cm³/mol. The molecule has 0 amide bonds. The van der Waals surface area contributed by atoms with Gasteiger partial charge in [0.2, 0.25) is 10.0 Å². The van der Waals surface area contributed by atoms with Crippen LogP contribution in [-0.4, -0.2) is 26.9 Å². The van der Waals surface area contributed by atoms with Gasteiger partial charge < -0.3 is 4.74 Å². The average molecular weight is 325 g/mol. The minimum absolute atomic E-state index is 0.278. The van der Waals surface area contributed by atoms with Gasteiger partial charge in [0.05, 0.1) is 12.0 Å². The number of para-hydroxylation sites is 1. The number of aryl methyl sites for hydroxylation is 2. The summed E-state index contributed by atoms with van der Waals surface area (Å²) in [5, 5.41) is 0. The van der Waals surface area contributed by atoms with E-state index >= 15 is 0 Å². The van der Waals surface area contributed by atoms with E-state index < -0.39 is 10.0 Å². The Morgan fingerprint density at radius 2 is 1.90 bits per heavy atom. The van der Waals surface area contributed by atoms with Gasteiger partial charge >= 0.3 is 0 Å². The Morgan fingerprint density at radius 1 is 1.24 bits per heavy atom. The van der Waals surface area contributed by atoms with E-state index in [0.717, 1.165) is 15.3 Å². The summed E-state index contributed by atoms with van der Waals surface area (Å²) < 4.78 is 32.0. The zero-order valence-corrected chi connectivity index (χ0v) is 14.2. The summed E-state index contributed by atoms with van der Waals surface area (Å²) >= 11 is 1.50. The summed E-state index contributed by atoms with van der Waals surface area (Å²) in [6, 6.07) is 9.17. The van der Waals surface area contributed by atoms with Gasteiger partial charge in [0.25, 0.3) is 0 Å². The Balaban J connectivity index is 2.31. The van der Waals surface area contributed by atoms with Crippen molar-refractivity contribution in [3.05, 3.63) is 45.6 Å². The lowest BCUT2D eigenvalue weighted by atomic mass is 10.2. The molecule has 0 aliphatic heterocycles. The molecule has 1 heterocycles. The van der Waals surface area contributed by atoms with Crippen LogP contribution in [0.2, 0.25) is 0 Å². The number of rotatable bonds is 5. The maximum absolute atomic E-state index is 12.7. The minimum atomic E-state index is -3.48. The Morgan fingerprint density at radius 3 is 2.48 bits per heavy atom. The van der Waals surface area contributed by atoms with Crippen molar-refractivity contribution >= 4 is 21.4 Å². The lowest BCUT2D eigenvalue weighted by Gasteiger charge is -2.18. The van der Waals surface area contributed by atoms with Gasteiger partial charge in [0.1, 0.15) is 5.75 Å². The average Bonchev–Trinajstić information content (AvgIpc) is 2.79. The third-order valence-corrected chi connectivity index (χ3v) is 6.29. The monoisotopic (exact) mass is 325 g/mol. The molecule has 6 heteroatoms. The maximum Gasteiger partial charge on any atom is 0.244 e. The third kappa shape index (κ3) is 3.28. The van der Waals surface area contributed by atoms with Gasteiger partial charge in [-0.15, -0.1) is 11.3 Å². The molecule has 0 aliphatic rings. The molecular weight excluding hydrogens is 306 g/mol. The molecule has 2 aromatic rings. The van der Waals surface area contributed by atoms with E-state index in [2.05, 4.69) is 0 Å². The first kappa shape index (κ1) is 16.0. The van der Waals surface area contributed by atoms with E-state index in [0.29, 0.717) is 10.6 Å². The second-order valence-corrected chi connectivity index (χ2v) is 8.32. The zero-order valence-electron chi connectivity index (χ0n) is 12.6. The van der Waals surface area contributed by atoms with Crippen LogP contribution in [-0.2, 0) is 16.6 Å². The van der Waals surface area contributed by atoms with E-state index in [1.807, 2.05) is 38.1 Å². The molecule has 0 saturated heterocycles. The summed E-state index contributed by atoms with van der Waals surface area (Å²) in [4.78, 5) is 2.21. The Bertz CT molecular complexity index is 735. The van der Waals surface area contributed by atoms with Crippen molar-refractivity contribution in [2.24, 2.45) is 0 Å². The van der Waals surface area contributed by atoms with Crippen molar-refractivity contribution in [3.63, 3.8) is 0 Å². The molecule has 0 aliphatic carbocycles. The first-order chi connectivity index (χ1) is 9.86. The van der Waals surface area contributed by atoms with Crippen LogP contribution in [0.15, 0.2) is 35.2 Å². The molecule has 0 bridgehead atoms. The smallest absolute Gasteiger partial charge is 0.244 e. The van der Waals surface area contributed by atoms with Crippen LogP contribution in [0.1, 0.15) is 15.3 Å². The molecule has 1 aromatic carbocycles. The summed E-state index contributed by atoms with van der Waals surface area (Å²) in [5.41, 5.74) is 0.843. The normalized spacial score (nSPS) is 11.9. The Kier molecular flexibility index (Phi) is 4.70. The van der Waals surface area contributed by atoms with Gasteiger partial charge in [-0.05, 0) is 26.0 Å². The first-order valence-electron chi connectivity index (χ1n) is 6.51. The highest BCUT2D eigenvalue weighted by molar-refractivity contribution is 7.89. The van der Waals surface area contributed by atoms with Crippen LogP contribution in [0.5, 0.6) is 5.75 Å². The second-order valence-electron chi connectivity index (χ2n) is 4.85. The molecule has 0 radical (unpaired) electrons. The highest BCUT2D eigenvalue weighted by Crippen LogP contribution is 2.28. The number of methoxy groups -OCH3 is 1. The topological polar surface area (TPSA) is 46.6 Å². The van der Waals surface area contributed by atoms with Gasteiger partial charge in [0, 0.05) is 28.9 Å². The van der Waals surface area contributed by atoms with E-state index in [9.17, 15) is 8.42 Å². The van der Waals surface area contributed by atoms with Crippen LogP contribution < -0.4 is 4.74 Å². The molecule has 0 atom stereocenters. The van der Waals surface area contributed by atoms with E-state index in [-0.39, 0.29) is 6.54 Å². The van der Waals surface area contributed by atoms with Gasteiger partial charge in [-0.25, -0.2) is 8.42 Å². The molecule has 0 N–H and O–H groups in total. The first-order valence-corrected chi connectivity index (χ1v) is 8.77. The summed E-state index contributed by atoms with van der Waals surface area (Å²) in [5.74, 6) is 0.692. The predicted octanol–water partition coefficient (Wildman–Crippen LogP) is 3.19. The number of hydrogen-bond donors (Lipinski definition) is 0. The quantitative estimate of drug-likeness (QED) is 0.848. The van der Waals surface area contributed by atoms with Crippen LogP contribution in [0.25, 0.3) is 0 Å². The number of nitrogens with zero attached hydrogens (tertiary/aromatic N) is 1. The molecule has 0 unspecified atom stereocenters.